The van der Waals surface area contributed by atoms with Crippen LogP contribution in [0.1, 0.15) is 13.8 Å². The second-order valence-electron chi connectivity index (χ2n) is 4.81. The maximum Gasteiger partial charge on any atom is 0.195 e. The molecule has 0 aliphatic carbocycles. The average Bonchev–Trinajstić information content (AvgIpc) is 2.48. The summed E-state index contributed by atoms with van der Waals surface area (Å²) in [5.41, 5.74) is 0.768. The highest BCUT2D eigenvalue weighted by atomic mass is 32.2. The molecule has 1 aromatic rings. The third-order valence-corrected chi connectivity index (χ3v) is 3.73. The van der Waals surface area contributed by atoms with Crippen molar-refractivity contribution in [2.24, 2.45) is 4.99 Å². The highest BCUT2D eigenvalue weighted by Crippen LogP contribution is 2.30. The maximum atomic E-state index is 11.2. The molecule has 0 heterocycles. The van der Waals surface area contributed by atoms with Crippen LogP contribution in [0.4, 0.5) is 5.69 Å². The zero-order valence-electron chi connectivity index (χ0n) is 14.0. The monoisotopic (exact) mass is 343 g/mol. The van der Waals surface area contributed by atoms with E-state index in [0.717, 1.165) is 5.69 Å². The van der Waals surface area contributed by atoms with Crippen LogP contribution in [0.15, 0.2) is 23.2 Å². The quantitative estimate of drug-likeness (QED) is 0.549. The molecule has 0 amide bonds. The van der Waals surface area contributed by atoms with E-state index in [1.54, 1.807) is 13.2 Å². The van der Waals surface area contributed by atoms with Gasteiger partial charge in [0, 0.05) is 24.6 Å². The highest BCUT2D eigenvalue weighted by Gasteiger charge is 2.07. The van der Waals surface area contributed by atoms with E-state index >= 15 is 0 Å². The summed E-state index contributed by atoms with van der Waals surface area (Å²) >= 11 is 0. The molecule has 7 nitrogen and oxygen atoms in total. The summed E-state index contributed by atoms with van der Waals surface area (Å²) in [4.78, 5) is 4.25. The first-order valence-electron chi connectivity index (χ1n) is 7.43. The Morgan fingerprint density at radius 3 is 2.57 bits per heavy atom. The number of ether oxygens (including phenoxy) is 2. The minimum absolute atomic E-state index is 0.0101. The fourth-order valence-electron chi connectivity index (χ4n) is 1.79. The number of aliphatic imine (C=N–C) groups is 1. The topological polar surface area (TPSA) is 89.0 Å². The van der Waals surface area contributed by atoms with Crippen LogP contribution in [-0.2, 0) is 9.84 Å². The minimum Gasteiger partial charge on any atom is -0.493 e. The van der Waals surface area contributed by atoms with Crippen molar-refractivity contribution in [1.29, 1.82) is 0 Å². The van der Waals surface area contributed by atoms with Gasteiger partial charge in [-0.15, -0.1) is 0 Å². The van der Waals surface area contributed by atoms with Crippen molar-refractivity contribution in [2.75, 3.05) is 44.1 Å². The van der Waals surface area contributed by atoms with Gasteiger partial charge in [0.05, 0.1) is 26.0 Å². The number of hydrogen-bond donors (Lipinski definition) is 2. The number of sulfone groups is 1. The van der Waals surface area contributed by atoms with Gasteiger partial charge >= 0.3 is 0 Å². The lowest BCUT2D eigenvalue weighted by Gasteiger charge is -2.14. The molecule has 0 unspecified atom stereocenters. The average molecular weight is 343 g/mol. The molecule has 2 N–H and O–H groups in total. The molecule has 1 aromatic carbocycles. The summed E-state index contributed by atoms with van der Waals surface area (Å²) in [5.74, 6) is 1.81. The maximum absolute atomic E-state index is 11.2. The van der Waals surface area contributed by atoms with Gasteiger partial charge in [0.1, 0.15) is 9.84 Å². The summed E-state index contributed by atoms with van der Waals surface area (Å²) in [6, 6.07) is 5.45. The third kappa shape index (κ3) is 7.23. The van der Waals surface area contributed by atoms with Crippen LogP contribution >= 0.6 is 0 Å². The number of methoxy groups -OCH3 is 1. The highest BCUT2D eigenvalue weighted by molar-refractivity contribution is 7.90. The molecule has 0 radical (unpaired) electrons. The van der Waals surface area contributed by atoms with Gasteiger partial charge in [0.2, 0.25) is 0 Å². The molecule has 0 saturated carbocycles. The van der Waals surface area contributed by atoms with Crippen LogP contribution < -0.4 is 20.1 Å². The molecule has 0 saturated heterocycles. The lowest BCUT2D eigenvalue weighted by Crippen LogP contribution is -2.31. The van der Waals surface area contributed by atoms with Crippen molar-refractivity contribution in [2.45, 2.75) is 13.8 Å². The second kappa shape index (κ2) is 9.24. The fourth-order valence-corrected chi connectivity index (χ4v) is 2.21. The van der Waals surface area contributed by atoms with Crippen molar-refractivity contribution < 1.29 is 17.9 Å². The molecular formula is C15H25N3O4S. The molecule has 0 aromatic heterocycles. The Morgan fingerprint density at radius 1 is 1.26 bits per heavy atom. The zero-order valence-corrected chi connectivity index (χ0v) is 14.9. The molecule has 0 atom stereocenters. The van der Waals surface area contributed by atoms with E-state index in [1.165, 1.54) is 6.26 Å². The number of rotatable bonds is 8. The Bertz CT molecular complexity index is 630. The first-order chi connectivity index (χ1) is 10.9. The summed E-state index contributed by atoms with van der Waals surface area (Å²) in [6.07, 6.45) is 1.19. The predicted octanol–water partition coefficient (Wildman–Crippen LogP) is 1.52. The van der Waals surface area contributed by atoms with E-state index < -0.39 is 9.84 Å². The van der Waals surface area contributed by atoms with Gasteiger partial charge in [-0.25, -0.2) is 8.42 Å². The minimum atomic E-state index is -3.03. The van der Waals surface area contributed by atoms with Gasteiger partial charge in [-0.3, -0.25) is 4.99 Å². The van der Waals surface area contributed by atoms with E-state index in [-0.39, 0.29) is 12.3 Å². The molecule has 0 bridgehead atoms. The second-order valence-corrected chi connectivity index (χ2v) is 7.07. The van der Waals surface area contributed by atoms with E-state index in [1.807, 2.05) is 26.0 Å². The predicted molar refractivity (Wildman–Crippen MR) is 93.5 cm³/mol. The Kier molecular flexibility index (Phi) is 7.67. The van der Waals surface area contributed by atoms with Gasteiger partial charge < -0.3 is 20.1 Å². The summed E-state index contributed by atoms with van der Waals surface area (Å²) in [5, 5.41) is 6.19. The molecule has 8 heteroatoms. The molecule has 0 aliphatic heterocycles. The number of guanidine groups is 1. The molecule has 1 rings (SSSR count). The number of benzene rings is 1. The summed E-state index contributed by atoms with van der Waals surface area (Å²) < 4.78 is 33.1. The van der Waals surface area contributed by atoms with Gasteiger partial charge in [0.15, 0.2) is 17.5 Å². The molecule has 0 fully saturated rings. The number of nitrogens with one attached hydrogen (secondary N) is 2. The van der Waals surface area contributed by atoms with Crippen LogP contribution in [0.3, 0.4) is 0 Å². The van der Waals surface area contributed by atoms with Crippen LogP contribution in [0.2, 0.25) is 0 Å². The largest absolute Gasteiger partial charge is 0.493 e. The SMILES string of the molecule is CCNC(=NCCS(C)(=O)=O)Nc1ccc(OCC)c(OC)c1. The van der Waals surface area contributed by atoms with E-state index in [2.05, 4.69) is 15.6 Å². The van der Waals surface area contributed by atoms with Crippen molar-refractivity contribution in [1.82, 2.24) is 5.32 Å². The standard InChI is InChI=1S/C15H25N3O4S/c1-5-16-15(17-9-10-23(4,19)20)18-12-7-8-13(22-6-2)14(11-12)21-3/h7-8,11H,5-6,9-10H2,1-4H3,(H2,16,17,18). The van der Waals surface area contributed by atoms with Gasteiger partial charge in [0.25, 0.3) is 0 Å². The van der Waals surface area contributed by atoms with Crippen LogP contribution in [-0.4, -0.2) is 53.2 Å². The fraction of sp³-hybridized carbons (Fsp3) is 0.533. The van der Waals surface area contributed by atoms with Crippen molar-refractivity contribution in [3.63, 3.8) is 0 Å². The van der Waals surface area contributed by atoms with Crippen molar-refractivity contribution in [3.8, 4) is 11.5 Å². The van der Waals surface area contributed by atoms with E-state index in [0.29, 0.717) is 30.6 Å². The molecule has 130 valence electrons. The first-order valence-corrected chi connectivity index (χ1v) is 9.49. The number of nitrogens with zero attached hydrogens (tertiary/aromatic N) is 1. The lowest BCUT2D eigenvalue weighted by atomic mass is 10.2. The Morgan fingerprint density at radius 2 is 2.00 bits per heavy atom. The van der Waals surface area contributed by atoms with Crippen molar-refractivity contribution in [3.05, 3.63) is 18.2 Å². The van der Waals surface area contributed by atoms with Gasteiger partial charge in [-0.05, 0) is 26.0 Å². The van der Waals surface area contributed by atoms with Crippen LogP contribution in [0, 0.1) is 0 Å². The van der Waals surface area contributed by atoms with Crippen LogP contribution in [0.25, 0.3) is 0 Å². The molecule has 0 spiro atoms. The van der Waals surface area contributed by atoms with Gasteiger partial charge in [-0.2, -0.15) is 0 Å². The van der Waals surface area contributed by atoms with E-state index in [9.17, 15) is 8.42 Å². The third-order valence-electron chi connectivity index (χ3n) is 2.80. The zero-order chi connectivity index (χ0) is 17.3. The Hall–Kier alpha value is -1.96. The Balaban J connectivity index is 2.85. The molecule has 0 aliphatic rings. The normalized spacial score (nSPS) is 11.9. The van der Waals surface area contributed by atoms with Crippen LogP contribution in [0.5, 0.6) is 11.5 Å². The van der Waals surface area contributed by atoms with E-state index in [4.69, 9.17) is 9.47 Å². The lowest BCUT2D eigenvalue weighted by molar-refractivity contribution is 0.311. The summed E-state index contributed by atoms with van der Waals surface area (Å²) in [7, 11) is -1.45. The van der Waals surface area contributed by atoms with Gasteiger partial charge in [-0.1, -0.05) is 0 Å². The van der Waals surface area contributed by atoms with Crippen molar-refractivity contribution >= 4 is 21.5 Å². The summed E-state index contributed by atoms with van der Waals surface area (Å²) in [6.45, 7) is 5.26. The number of anilines is 1. The first kappa shape index (κ1) is 19.1. The number of hydrogen-bond acceptors (Lipinski definition) is 5. The molecule has 23 heavy (non-hydrogen) atoms. The Labute approximate surface area is 138 Å². The molecular weight excluding hydrogens is 318 g/mol. The smallest absolute Gasteiger partial charge is 0.195 e.